The van der Waals surface area contributed by atoms with Gasteiger partial charge in [-0.15, -0.1) is 0 Å². The summed E-state index contributed by atoms with van der Waals surface area (Å²) in [7, 11) is 0. The number of ether oxygens (including phenoxy) is 1. The molecule has 150 valence electrons. The first kappa shape index (κ1) is 19.6. The molecule has 30 heavy (non-hydrogen) atoms. The number of nitrogens with zero attached hydrogens (tertiary/aromatic N) is 1. The van der Waals surface area contributed by atoms with Crippen LogP contribution in [0.25, 0.3) is 22.3 Å². The molecular weight excluding hydrogens is 374 g/mol. The number of esters is 1. The second-order valence-corrected chi connectivity index (χ2v) is 7.20. The molecule has 4 nitrogen and oxygen atoms in total. The summed E-state index contributed by atoms with van der Waals surface area (Å²) in [6.45, 7) is 6.27. The van der Waals surface area contributed by atoms with Crippen molar-refractivity contribution in [2.24, 2.45) is 4.99 Å². The van der Waals surface area contributed by atoms with Crippen LogP contribution in [0, 0.1) is 13.8 Å². The fourth-order valence-electron chi connectivity index (χ4n) is 3.54. The van der Waals surface area contributed by atoms with Crippen LogP contribution in [-0.2, 0) is 4.74 Å². The minimum absolute atomic E-state index is 0.328. The molecular formula is C26H23NO3. The maximum absolute atomic E-state index is 11.9. The molecule has 0 radical (unpaired) electrons. The normalized spacial score (nSPS) is 11.6. The topological polar surface area (TPSA) is 51.8 Å². The quantitative estimate of drug-likeness (QED) is 0.390. The fraction of sp³-hybridized carbons (Fsp3) is 0.154. The lowest BCUT2D eigenvalue weighted by Gasteiger charge is -2.08. The Morgan fingerprint density at radius 1 is 0.967 bits per heavy atom. The molecule has 0 aliphatic heterocycles. The summed E-state index contributed by atoms with van der Waals surface area (Å²) in [5.74, 6) is 0.431. The Bertz CT molecular complexity index is 1270. The summed E-state index contributed by atoms with van der Waals surface area (Å²) in [6, 6.07) is 23.3. The molecule has 0 amide bonds. The number of carbonyl (C=O) groups excluding carboxylic acids is 1. The van der Waals surface area contributed by atoms with Gasteiger partial charge in [0, 0.05) is 17.0 Å². The molecule has 4 aromatic rings. The number of rotatable bonds is 4. The van der Waals surface area contributed by atoms with Crippen LogP contribution in [0.15, 0.2) is 82.2 Å². The fourth-order valence-corrected chi connectivity index (χ4v) is 3.54. The minimum atomic E-state index is -0.328. The first-order chi connectivity index (χ1) is 14.5. The molecule has 1 heterocycles. The molecule has 0 saturated carbocycles. The van der Waals surface area contributed by atoms with E-state index in [9.17, 15) is 4.79 Å². The minimum Gasteiger partial charge on any atom is -0.462 e. The Balaban J connectivity index is 1.89. The van der Waals surface area contributed by atoms with E-state index < -0.39 is 0 Å². The first-order valence-corrected chi connectivity index (χ1v) is 9.97. The van der Waals surface area contributed by atoms with E-state index in [1.165, 1.54) is 0 Å². The highest BCUT2D eigenvalue weighted by molar-refractivity contribution is 5.89. The molecule has 4 heteroatoms. The molecule has 0 aliphatic carbocycles. The van der Waals surface area contributed by atoms with Crippen molar-refractivity contribution in [3.05, 3.63) is 94.8 Å². The van der Waals surface area contributed by atoms with Crippen LogP contribution >= 0.6 is 0 Å². The third kappa shape index (κ3) is 4.03. The highest BCUT2D eigenvalue weighted by Gasteiger charge is 2.10. The zero-order valence-electron chi connectivity index (χ0n) is 17.3. The van der Waals surface area contributed by atoms with Crippen LogP contribution in [0.1, 0.15) is 28.4 Å². The Kier molecular flexibility index (Phi) is 5.48. The first-order valence-electron chi connectivity index (χ1n) is 9.97. The van der Waals surface area contributed by atoms with E-state index in [0.29, 0.717) is 12.2 Å². The van der Waals surface area contributed by atoms with Gasteiger partial charge in [-0.3, -0.25) is 0 Å². The lowest BCUT2D eigenvalue weighted by atomic mass is 10.0. The average molecular weight is 397 g/mol. The lowest BCUT2D eigenvalue weighted by molar-refractivity contribution is 0.0526. The number of benzene rings is 3. The van der Waals surface area contributed by atoms with Gasteiger partial charge in [0.25, 0.3) is 0 Å². The summed E-state index contributed by atoms with van der Waals surface area (Å²) >= 11 is 0. The van der Waals surface area contributed by atoms with Crippen molar-refractivity contribution in [2.45, 2.75) is 20.8 Å². The summed E-state index contributed by atoms with van der Waals surface area (Å²) in [4.78, 5) is 16.8. The van der Waals surface area contributed by atoms with E-state index in [4.69, 9.17) is 14.1 Å². The molecule has 0 atom stereocenters. The molecule has 3 aromatic carbocycles. The molecule has 0 spiro atoms. The predicted octanol–water partition coefficient (Wildman–Crippen LogP) is 6.13. The van der Waals surface area contributed by atoms with Crippen molar-refractivity contribution in [3.8, 4) is 11.3 Å². The van der Waals surface area contributed by atoms with Crippen LogP contribution < -0.4 is 5.36 Å². The molecule has 0 bridgehead atoms. The predicted molar refractivity (Wildman–Crippen MR) is 119 cm³/mol. The standard InChI is InChI=1S/C26H23NO3/c1-4-29-26(28)20-10-12-21(13-11-20)27-22-16-23(19-8-6-5-7-9-19)30-24-15-17(2)14-18(3)25(22)24/h5-16H,4H2,1-3H3. The molecule has 4 rings (SSSR count). The van der Waals surface area contributed by atoms with Crippen LogP contribution in [0.3, 0.4) is 0 Å². The Morgan fingerprint density at radius 3 is 2.40 bits per heavy atom. The van der Waals surface area contributed by atoms with E-state index in [1.807, 2.05) is 54.6 Å². The van der Waals surface area contributed by atoms with E-state index in [2.05, 4.69) is 19.9 Å². The van der Waals surface area contributed by atoms with Gasteiger partial charge in [-0.2, -0.15) is 0 Å². The highest BCUT2D eigenvalue weighted by atomic mass is 16.5. The molecule has 1 aromatic heterocycles. The summed E-state index contributed by atoms with van der Waals surface area (Å²) < 4.78 is 11.3. The number of hydrogen-bond donors (Lipinski definition) is 0. The SMILES string of the molecule is CCOC(=O)c1ccc(N=c2cc(-c3ccccc3)oc3cc(C)cc(C)c23)cc1. The summed E-state index contributed by atoms with van der Waals surface area (Å²) in [5.41, 5.74) is 5.31. The maximum Gasteiger partial charge on any atom is 0.338 e. The van der Waals surface area contributed by atoms with E-state index in [-0.39, 0.29) is 5.97 Å². The van der Waals surface area contributed by atoms with Crippen LogP contribution in [-0.4, -0.2) is 12.6 Å². The van der Waals surface area contributed by atoms with Gasteiger partial charge in [0.2, 0.25) is 0 Å². The van der Waals surface area contributed by atoms with Crippen molar-refractivity contribution >= 4 is 22.6 Å². The zero-order chi connectivity index (χ0) is 21.1. The Labute approximate surface area is 175 Å². The largest absolute Gasteiger partial charge is 0.462 e. The monoisotopic (exact) mass is 397 g/mol. The molecule has 0 saturated heterocycles. The number of fused-ring (bicyclic) bond motifs is 1. The Morgan fingerprint density at radius 2 is 1.70 bits per heavy atom. The second-order valence-electron chi connectivity index (χ2n) is 7.20. The molecule has 0 N–H and O–H groups in total. The summed E-state index contributed by atoms with van der Waals surface area (Å²) in [5, 5.41) is 1.81. The summed E-state index contributed by atoms with van der Waals surface area (Å²) in [6.07, 6.45) is 0. The third-order valence-corrected chi connectivity index (χ3v) is 4.87. The van der Waals surface area contributed by atoms with Gasteiger partial charge in [-0.1, -0.05) is 36.4 Å². The van der Waals surface area contributed by atoms with Crippen molar-refractivity contribution in [1.82, 2.24) is 0 Å². The molecule has 0 aliphatic rings. The highest BCUT2D eigenvalue weighted by Crippen LogP contribution is 2.25. The van der Waals surface area contributed by atoms with E-state index >= 15 is 0 Å². The van der Waals surface area contributed by atoms with Crippen molar-refractivity contribution in [3.63, 3.8) is 0 Å². The van der Waals surface area contributed by atoms with Gasteiger partial charge >= 0.3 is 5.97 Å². The van der Waals surface area contributed by atoms with Gasteiger partial charge < -0.3 is 9.15 Å². The molecule has 0 fully saturated rings. The van der Waals surface area contributed by atoms with Crippen LogP contribution in [0.2, 0.25) is 0 Å². The van der Waals surface area contributed by atoms with E-state index in [1.54, 1.807) is 19.1 Å². The van der Waals surface area contributed by atoms with Gasteiger partial charge in [0.05, 0.1) is 23.2 Å². The third-order valence-electron chi connectivity index (χ3n) is 4.87. The smallest absolute Gasteiger partial charge is 0.338 e. The Hall–Kier alpha value is -3.66. The van der Waals surface area contributed by atoms with Gasteiger partial charge in [0.15, 0.2) is 0 Å². The number of hydrogen-bond acceptors (Lipinski definition) is 4. The van der Waals surface area contributed by atoms with Crippen LogP contribution in [0.5, 0.6) is 0 Å². The van der Waals surface area contributed by atoms with Gasteiger partial charge in [-0.25, -0.2) is 9.79 Å². The maximum atomic E-state index is 11.9. The van der Waals surface area contributed by atoms with Gasteiger partial charge in [0.1, 0.15) is 11.3 Å². The van der Waals surface area contributed by atoms with Crippen molar-refractivity contribution in [2.75, 3.05) is 6.61 Å². The van der Waals surface area contributed by atoms with Crippen LogP contribution in [0.4, 0.5) is 5.69 Å². The lowest BCUT2D eigenvalue weighted by Crippen LogP contribution is -2.06. The zero-order valence-corrected chi connectivity index (χ0v) is 17.3. The van der Waals surface area contributed by atoms with Gasteiger partial charge in [-0.05, 0) is 62.2 Å². The van der Waals surface area contributed by atoms with Crippen molar-refractivity contribution < 1.29 is 13.9 Å². The average Bonchev–Trinajstić information content (AvgIpc) is 2.74. The van der Waals surface area contributed by atoms with E-state index in [0.717, 1.165) is 44.5 Å². The van der Waals surface area contributed by atoms with Crippen molar-refractivity contribution in [1.29, 1.82) is 0 Å². The second kappa shape index (κ2) is 8.37. The number of carbonyl (C=O) groups is 1. The number of aryl methyl sites for hydroxylation is 2. The molecule has 0 unspecified atom stereocenters.